The van der Waals surface area contributed by atoms with Gasteiger partial charge in [-0.15, -0.1) is 0 Å². The zero-order valence-corrected chi connectivity index (χ0v) is 17.5. The summed E-state index contributed by atoms with van der Waals surface area (Å²) in [5, 5.41) is 10.7. The van der Waals surface area contributed by atoms with Gasteiger partial charge in [0, 0.05) is 42.2 Å². The number of carbonyl (C=O) groups excluding carboxylic acids is 2. The summed E-state index contributed by atoms with van der Waals surface area (Å²) >= 11 is 6.00. The molecule has 3 heterocycles. The maximum atomic E-state index is 13.8. The molecule has 1 aromatic carbocycles. The van der Waals surface area contributed by atoms with Crippen LogP contribution in [0.25, 0.3) is 0 Å². The zero-order valence-electron chi connectivity index (χ0n) is 16.7. The summed E-state index contributed by atoms with van der Waals surface area (Å²) in [6, 6.07) is 12.8. The Kier molecular flexibility index (Phi) is 4.17. The van der Waals surface area contributed by atoms with E-state index < -0.39 is 5.41 Å². The number of carbonyl (C=O) groups is 2. The number of para-hydroxylation sites is 1. The third kappa shape index (κ3) is 2.37. The summed E-state index contributed by atoms with van der Waals surface area (Å²) < 4.78 is 0. The Labute approximate surface area is 184 Å². The van der Waals surface area contributed by atoms with Crippen molar-refractivity contribution in [3.8, 4) is 6.07 Å². The number of likely N-dealkylation sites (N-methyl/N-ethyl adjacent to an activating group) is 1. The molecule has 1 unspecified atom stereocenters. The normalized spacial score (nSPS) is 22.7. The number of allylic oxidation sites excluding steroid dienone is 1. The SMILES string of the molecule is CN1C(=O)C2(C(C#N)=C(N)N(c3ccc(Cl)cn3)C3=C2C(=O)CCC3)c2ccccc21. The van der Waals surface area contributed by atoms with Crippen molar-refractivity contribution in [1.29, 1.82) is 5.26 Å². The van der Waals surface area contributed by atoms with Gasteiger partial charge >= 0.3 is 0 Å². The molecule has 1 amide bonds. The molecule has 0 bridgehead atoms. The highest BCUT2D eigenvalue weighted by Crippen LogP contribution is 2.56. The van der Waals surface area contributed by atoms with Crippen molar-refractivity contribution in [2.75, 3.05) is 16.8 Å². The number of nitriles is 1. The summed E-state index contributed by atoms with van der Waals surface area (Å²) in [5.41, 5.74) is 7.27. The summed E-state index contributed by atoms with van der Waals surface area (Å²) in [6.45, 7) is 0. The Morgan fingerprint density at radius 2 is 1.97 bits per heavy atom. The molecule has 0 radical (unpaired) electrons. The van der Waals surface area contributed by atoms with Gasteiger partial charge in [-0.1, -0.05) is 29.8 Å². The van der Waals surface area contributed by atoms with E-state index in [2.05, 4.69) is 11.1 Å². The fourth-order valence-electron chi connectivity index (χ4n) is 5.00. The molecule has 0 fully saturated rings. The molecule has 5 rings (SSSR count). The smallest absolute Gasteiger partial charge is 0.247 e. The van der Waals surface area contributed by atoms with Gasteiger partial charge in [-0.25, -0.2) is 4.98 Å². The topological polar surface area (TPSA) is 103 Å². The number of halogens is 1. The molecule has 8 heteroatoms. The molecule has 1 aliphatic carbocycles. The number of pyridine rings is 1. The Balaban J connectivity index is 1.89. The van der Waals surface area contributed by atoms with Crippen molar-refractivity contribution in [3.63, 3.8) is 0 Å². The van der Waals surface area contributed by atoms with E-state index >= 15 is 0 Å². The van der Waals surface area contributed by atoms with E-state index in [0.717, 1.165) is 0 Å². The maximum absolute atomic E-state index is 13.8. The number of hydrogen-bond donors (Lipinski definition) is 1. The van der Waals surface area contributed by atoms with Crippen molar-refractivity contribution in [2.45, 2.75) is 24.7 Å². The monoisotopic (exact) mass is 431 g/mol. The molecule has 1 spiro atoms. The fraction of sp³-hybridized carbons (Fsp3) is 0.217. The van der Waals surface area contributed by atoms with Gasteiger partial charge < -0.3 is 10.6 Å². The number of anilines is 2. The lowest BCUT2D eigenvalue weighted by atomic mass is 9.64. The van der Waals surface area contributed by atoms with Crippen LogP contribution in [-0.4, -0.2) is 23.7 Å². The molecule has 0 saturated carbocycles. The largest absolute Gasteiger partial charge is 0.384 e. The minimum atomic E-state index is -1.54. The number of fused-ring (bicyclic) bond motifs is 3. The third-order valence-electron chi connectivity index (χ3n) is 6.25. The molecule has 31 heavy (non-hydrogen) atoms. The number of nitrogens with two attached hydrogens (primary N) is 1. The van der Waals surface area contributed by atoms with Gasteiger partial charge in [-0.3, -0.25) is 14.5 Å². The lowest BCUT2D eigenvalue weighted by Gasteiger charge is -2.43. The number of Topliss-reactive ketones (excluding diaryl/α,β-unsaturated/α-hetero) is 1. The van der Waals surface area contributed by atoms with Gasteiger partial charge in [0.2, 0.25) is 5.91 Å². The molecule has 154 valence electrons. The second-order valence-corrected chi connectivity index (χ2v) is 8.21. The Morgan fingerprint density at radius 1 is 1.19 bits per heavy atom. The van der Waals surface area contributed by atoms with Crippen LogP contribution in [0.1, 0.15) is 24.8 Å². The van der Waals surface area contributed by atoms with E-state index in [0.29, 0.717) is 52.6 Å². The fourth-order valence-corrected chi connectivity index (χ4v) is 5.11. The van der Waals surface area contributed by atoms with E-state index in [9.17, 15) is 14.9 Å². The molecule has 3 aliphatic rings. The van der Waals surface area contributed by atoms with Gasteiger partial charge in [0.25, 0.3) is 0 Å². The van der Waals surface area contributed by atoms with Gasteiger partial charge in [-0.2, -0.15) is 5.26 Å². The average Bonchev–Trinajstić information content (AvgIpc) is 2.98. The molecular weight excluding hydrogens is 414 g/mol. The second kappa shape index (κ2) is 6.69. The first-order valence-electron chi connectivity index (χ1n) is 9.89. The summed E-state index contributed by atoms with van der Waals surface area (Å²) in [4.78, 5) is 34.7. The van der Waals surface area contributed by atoms with Crippen molar-refractivity contribution in [1.82, 2.24) is 4.98 Å². The number of aromatic nitrogens is 1. The molecule has 2 aromatic rings. The lowest BCUT2D eigenvalue weighted by molar-refractivity contribution is -0.124. The number of amides is 1. The van der Waals surface area contributed by atoms with Crippen molar-refractivity contribution >= 4 is 34.8 Å². The van der Waals surface area contributed by atoms with Crippen molar-refractivity contribution in [2.24, 2.45) is 5.73 Å². The maximum Gasteiger partial charge on any atom is 0.247 e. The first kappa shape index (κ1) is 19.3. The van der Waals surface area contributed by atoms with Crippen LogP contribution in [0, 0.1) is 11.3 Å². The van der Waals surface area contributed by atoms with Gasteiger partial charge in [0.1, 0.15) is 23.1 Å². The highest BCUT2D eigenvalue weighted by Gasteiger charge is 2.61. The van der Waals surface area contributed by atoms with Crippen LogP contribution in [0.3, 0.4) is 0 Å². The molecule has 1 atom stereocenters. The zero-order chi connectivity index (χ0) is 21.9. The predicted octanol–water partition coefficient (Wildman–Crippen LogP) is 3.17. The van der Waals surface area contributed by atoms with Gasteiger partial charge in [-0.05, 0) is 31.0 Å². The highest BCUT2D eigenvalue weighted by atomic mass is 35.5. The molecule has 1 aromatic heterocycles. The van der Waals surface area contributed by atoms with Gasteiger partial charge in [0.15, 0.2) is 5.78 Å². The summed E-state index contributed by atoms with van der Waals surface area (Å²) in [5.74, 6) is 0.0431. The number of ketones is 1. The van der Waals surface area contributed by atoms with Gasteiger partial charge in [0.05, 0.1) is 10.6 Å². The van der Waals surface area contributed by atoms with Crippen LogP contribution < -0.4 is 15.5 Å². The van der Waals surface area contributed by atoms with E-state index in [-0.39, 0.29) is 23.1 Å². The Morgan fingerprint density at radius 3 is 2.68 bits per heavy atom. The first-order chi connectivity index (χ1) is 14.9. The van der Waals surface area contributed by atoms with E-state index in [4.69, 9.17) is 17.3 Å². The molecule has 7 nitrogen and oxygen atoms in total. The van der Waals surface area contributed by atoms with Crippen LogP contribution in [0.15, 0.2) is 65.3 Å². The minimum absolute atomic E-state index is 0.0417. The van der Waals surface area contributed by atoms with Crippen LogP contribution in [0.2, 0.25) is 5.02 Å². The van der Waals surface area contributed by atoms with Crippen LogP contribution in [-0.2, 0) is 15.0 Å². The second-order valence-electron chi connectivity index (χ2n) is 7.77. The number of hydrogen-bond acceptors (Lipinski definition) is 6. The van der Waals surface area contributed by atoms with E-state index in [1.807, 2.05) is 12.1 Å². The molecule has 2 aliphatic heterocycles. The standard InChI is InChI=1S/C23H18ClN5O2/c1-28-16-6-3-2-5-14(16)23(22(28)31)15(11-25)21(26)29(19-10-9-13(24)12-27-19)17-7-4-8-18(30)20(17)23/h2-3,5-6,9-10,12H,4,7-8,26H2,1H3. The lowest BCUT2D eigenvalue weighted by Crippen LogP contribution is -2.52. The van der Waals surface area contributed by atoms with Crippen LogP contribution in [0.4, 0.5) is 11.5 Å². The Hall–Kier alpha value is -3.63. The summed E-state index contributed by atoms with van der Waals surface area (Å²) in [6.07, 6.45) is 2.94. The molecular formula is C23H18ClN5O2. The van der Waals surface area contributed by atoms with Crippen molar-refractivity contribution in [3.05, 3.63) is 75.8 Å². The quantitative estimate of drug-likeness (QED) is 0.743. The number of benzene rings is 1. The average molecular weight is 432 g/mol. The Bertz CT molecular complexity index is 1260. The highest BCUT2D eigenvalue weighted by molar-refractivity contribution is 6.30. The van der Waals surface area contributed by atoms with Crippen LogP contribution in [0.5, 0.6) is 0 Å². The number of nitrogens with zero attached hydrogens (tertiary/aromatic N) is 4. The molecule has 0 saturated heterocycles. The van der Waals surface area contributed by atoms with Crippen molar-refractivity contribution < 1.29 is 9.59 Å². The number of rotatable bonds is 1. The minimum Gasteiger partial charge on any atom is -0.384 e. The van der Waals surface area contributed by atoms with E-state index in [1.165, 1.54) is 11.1 Å². The molecule has 2 N–H and O–H groups in total. The predicted molar refractivity (Wildman–Crippen MR) is 116 cm³/mol. The first-order valence-corrected chi connectivity index (χ1v) is 10.3. The van der Waals surface area contributed by atoms with E-state index in [1.54, 1.807) is 36.2 Å². The summed E-state index contributed by atoms with van der Waals surface area (Å²) in [7, 11) is 1.65. The third-order valence-corrected chi connectivity index (χ3v) is 6.47. The van der Waals surface area contributed by atoms with Crippen LogP contribution >= 0.6 is 11.6 Å².